The molecule has 0 unspecified atom stereocenters. The van der Waals surface area contributed by atoms with Gasteiger partial charge in [-0.05, 0) is 36.8 Å². The van der Waals surface area contributed by atoms with Crippen LogP contribution < -0.4 is 20.7 Å². The number of rotatable bonds is 12. The highest BCUT2D eigenvalue weighted by Crippen LogP contribution is 2.11. The number of hydrogen-bond acceptors (Lipinski definition) is 6. The number of nitrogens with one attached hydrogen (secondary N) is 3. The second kappa shape index (κ2) is 13.5. The Bertz CT molecular complexity index is 1220. The van der Waals surface area contributed by atoms with Crippen LogP contribution in [0.1, 0.15) is 18.2 Å². The maximum Gasteiger partial charge on any atom is 0.289 e. The van der Waals surface area contributed by atoms with Crippen molar-refractivity contribution in [3.8, 4) is 5.75 Å². The van der Waals surface area contributed by atoms with Gasteiger partial charge in [-0.3, -0.25) is 24.2 Å². The Morgan fingerprint density at radius 3 is 2.41 bits per heavy atom. The number of ketones is 1. The summed E-state index contributed by atoms with van der Waals surface area (Å²) in [5.74, 6) is -3.33. The van der Waals surface area contributed by atoms with Crippen molar-refractivity contribution in [1.82, 2.24) is 20.9 Å². The minimum Gasteiger partial charge on any atom is -0.484 e. The summed E-state index contributed by atoms with van der Waals surface area (Å²) in [6.07, 6.45) is 1.65. The number of aromatic nitrogens is 1. The quantitative estimate of drug-likeness (QED) is 0.321. The lowest BCUT2D eigenvalue weighted by Crippen LogP contribution is -2.54. The highest BCUT2D eigenvalue weighted by atomic mass is 19.1. The molecule has 0 saturated carbocycles. The molecule has 1 heterocycles. The molecule has 3 aromatic rings. The molecule has 2 atom stereocenters. The minimum atomic E-state index is -1.17. The Balaban J connectivity index is 1.59. The summed E-state index contributed by atoms with van der Waals surface area (Å²) in [7, 11) is 0. The van der Waals surface area contributed by atoms with Crippen molar-refractivity contribution in [2.24, 2.45) is 0 Å². The molecule has 3 N–H and O–H groups in total. The highest BCUT2D eigenvalue weighted by molar-refractivity contribution is 6.38. The van der Waals surface area contributed by atoms with Crippen LogP contribution in [0.2, 0.25) is 0 Å². The van der Waals surface area contributed by atoms with Gasteiger partial charge in [0.2, 0.25) is 11.7 Å². The molecule has 3 rings (SSSR count). The maximum atomic E-state index is 13.2. The number of halogens is 1. The van der Waals surface area contributed by atoms with Gasteiger partial charge in [-0.15, -0.1) is 0 Å². The first-order valence-corrected chi connectivity index (χ1v) is 11.6. The number of Topliss-reactive ketones (excluding diaryl/α,β-unsaturated/α-hetero) is 1. The van der Waals surface area contributed by atoms with Gasteiger partial charge in [0.25, 0.3) is 11.8 Å². The molecule has 0 bridgehead atoms. The lowest BCUT2D eigenvalue weighted by Gasteiger charge is -2.21. The topological polar surface area (TPSA) is 126 Å². The minimum absolute atomic E-state index is 0.0508. The lowest BCUT2D eigenvalue weighted by molar-refractivity contribution is -0.140. The third-order valence-electron chi connectivity index (χ3n) is 5.23. The number of hydrogen-bond donors (Lipinski definition) is 3. The van der Waals surface area contributed by atoms with Gasteiger partial charge in [0.15, 0.2) is 6.61 Å². The fourth-order valence-electron chi connectivity index (χ4n) is 3.33. The molecular weight excluding hydrogens is 479 g/mol. The van der Waals surface area contributed by atoms with E-state index in [2.05, 4.69) is 20.9 Å². The molecule has 3 amide bonds. The van der Waals surface area contributed by atoms with Crippen LogP contribution in [0.5, 0.6) is 5.75 Å². The Hall–Kier alpha value is -4.60. The average Bonchev–Trinajstić information content (AvgIpc) is 2.91. The number of benzene rings is 2. The third kappa shape index (κ3) is 8.84. The molecule has 1 aromatic heterocycles. The summed E-state index contributed by atoms with van der Waals surface area (Å²) in [6, 6.07) is 17.2. The third-order valence-corrected chi connectivity index (χ3v) is 5.23. The van der Waals surface area contributed by atoms with Gasteiger partial charge in [0, 0.05) is 18.7 Å². The maximum absolute atomic E-state index is 13.2. The zero-order valence-corrected chi connectivity index (χ0v) is 20.1. The number of carbonyl (C=O) groups is 4. The van der Waals surface area contributed by atoms with E-state index < -0.39 is 48.0 Å². The highest BCUT2D eigenvalue weighted by Gasteiger charge is 2.29. The Kier molecular flexibility index (Phi) is 9.83. The molecule has 10 heteroatoms. The average molecular weight is 507 g/mol. The lowest BCUT2D eigenvalue weighted by atomic mass is 10.0. The Morgan fingerprint density at radius 1 is 0.946 bits per heavy atom. The monoisotopic (exact) mass is 506 g/mol. The molecule has 0 fully saturated rings. The second-order valence-corrected chi connectivity index (χ2v) is 8.15. The first-order valence-electron chi connectivity index (χ1n) is 11.6. The van der Waals surface area contributed by atoms with E-state index >= 15 is 0 Å². The second-order valence-electron chi connectivity index (χ2n) is 8.15. The number of nitrogens with zero attached hydrogens (tertiary/aromatic N) is 1. The summed E-state index contributed by atoms with van der Waals surface area (Å²) in [5.41, 5.74) is 1.31. The van der Waals surface area contributed by atoms with Crippen LogP contribution in [0.25, 0.3) is 0 Å². The molecule has 9 nitrogen and oxygen atoms in total. The smallest absolute Gasteiger partial charge is 0.289 e. The largest absolute Gasteiger partial charge is 0.484 e. The van der Waals surface area contributed by atoms with Crippen LogP contribution >= 0.6 is 0 Å². The summed E-state index contributed by atoms with van der Waals surface area (Å²) in [6.45, 7) is 1.04. The van der Waals surface area contributed by atoms with E-state index in [9.17, 15) is 23.6 Å². The van der Waals surface area contributed by atoms with Gasteiger partial charge in [-0.2, -0.15) is 0 Å². The van der Waals surface area contributed by atoms with Gasteiger partial charge in [0.05, 0.1) is 12.2 Å². The van der Waals surface area contributed by atoms with Crippen molar-refractivity contribution in [2.75, 3.05) is 6.61 Å². The standard InChI is InChI=1S/C27H27FN4O5/c1-18(31-24(33)17-37-22-12-7-10-20(28)15-22)26(35)32-23(14-19-8-3-2-4-9-19)25(34)27(36)30-16-21-11-5-6-13-29-21/h2-13,15,18,23H,14,16-17H2,1H3,(H,30,36)(H,31,33)(H,32,35)/t18-,23-/m1/s1. The predicted octanol–water partition coefficient (Wildman–Crippen LogP) is 1.72. The van der Waals surface area contributed by atoms with Crippen LogP contribution in [-0.4, -0.2) is 47.2 Å². The zero-order valence-electron chi connectivity index (χ0n) is 20.1. The van der Waals surface area contributed by atoms with Gasteiger partial charge in [0.1, 0.15) is 23.7 Å². The van der Waals surface area contributed by atoms with E-state index in [1.807, 2.05) is 6.07 Å². The van der Waals surface area contributed by atoms with Crippen molar-refractivity contribution >= 4 is 23.5 Å². The first kappa shape index (κ1) is 27.0. The van der Waals surface area contributed by atoms with Crippen molar-refractivity contribution in [1.29, 1.82) is 0 Å². The summed E-state index contributed by atoms with van der Waals surface area (Å²) >= 11 is 0. The van der Waals surface area contributed by atoms with Crippen LogP contribution in [-0.2, 0) is 32.1 Å². The van der Waals surface area contributed by atoms with E-state index in [0.717, 1.165) is 11.6 Å². The summed E-state index contributed by atoms with van der Waals surface area (Å²) in [5, 5.41) is 7.54. The van der Waals surface area contributed by atoms with Crippen LogP contribution in [0.4, 0.5) is 4.39 Å². The molecular formula is C27H27FN4O5. The summed E-state index contributed by atoms with van der Waals surface area (Å²) in [4.78, 5) is 54.6. The van der Waals surface area contributed by atoms with E-state index in [4.69, 9.17) is 4.74 Å². The molecule has 2 aromatic carbocycles. The van der Waals surface area contributed by atoms with Gasteiger partial charge in [-0.1, -0.05) is 42.5 Å². The van der Waals surface area contributed by atoms with E-state index in [-0.39, 0.29) is 18.7 Å². The van der Waals surface area contributed by atoms with Crippen LogP contribution in [0.3, 0.4) is 0 Å². The Labute approximate surface area is 213 Å². The molecule has 0 radical (unpaired) electrons. The molecule has 0 aliphatic heterocycles. The first-order chi connectivity index (χ1) is 17.8. The number of carbonyl (C=O) groups excluding carboxylic acids is 4. The molecule has 0 saturated heterocycles. The molecule has 0 spiro atoms. The number of ether oxygens (including phenoxy) is 1. The SMILES string of the molecule is C[C@@H](NC(=O)COc1cccc(F)c1)C(=O)N[C@H](Cc1ccccc1)C(=O)C(=O)NCc1ccccn1. The number of pyridine rings is 1. The normalized spacial score (nSPS) is 12.1. The molecule has 0 aliphatic rings. The van der Waals surface area contributed by atoms with Crippen molar-refractivity contribution in [2.45, 2.75) is 32.0 Å². The van der Waals surface area contributed by atoms with Gasteiger partial charge >= 0.3 is 0 Å². The van der Waals surface area contributed by atoms with Crippen LogP contribution in [0, 0.1) is 5.82 Å². The zero-order chi connectivity index (χ0) is 26.6. The predicted molar refractivity (Wildman–Crippen MR) is 133 cm³/mol. The summed E-state index contributed by atoms with van der Waals surface area (Å²) < 4.78 is 18.5. The van der Waals surface area contributed by atoms with E-state index in [0.29, 0.717) is 5.69 Å². The van der Waals surface area contributed by atoms with Crippen molar-refractivity contribution < 1.29 is 28.3 Å². The molecule has 192 valence electrons. The Morgan fingerprint density at radius 2 is 1.70 bits per heavy atom. The van der Waals surface area contributed by atoms with Crippen LogP contribution in [0.15, 0.2) is 79.0 Å². The van der Waals surface area contributed by atoms with Gasteiger partial charge < -0.3 is 20.7 Å². The van der Waals surface area contributed by atoms with Crippen molar-refractivity contribution in [3.05, 3.63) is 96.1 Å². The number of amides is 3. The molecule has 37 heavy (non-hydrogen) atoms. The fourth-order valence-corrected chi connectivity index (χ4v) is 3.33. The van der Waals surface area contributed by atoms with E-state index in [1.165, 1.54) is 25.1 Å². The molecule has 0 aliphatic carbocycles. The van der Waals surface area contributed by atoms with Crippen molar-refractivity contribution in [3.63, 3.8) is 0 Å². The van der Waals surface area contributed by atoms with E-state index in [1.54, 1.807) is 48.7 Å². The van der Waals surface area contributed by atoms with Gasteiger partial charge in [-0.25, -0.2) is 4.39 Å². The fraction of sp³-hybridized carbons (Fsp3) is 0.222.